The van der Waals surface area contributed by atoms with E-state index in [1.165, 1.54) is 11.6 Å². The third kappa shape index (κ3) is 5.60. The highest BCUT2D eigenvalue weighted by Gasteiger charge is 2.36. The van der Waals surface area contributed by atoms with E-state index in [1.54, 1.807) is 42.5 Å². The molecule has 178 valence electrons. The molecule has 4 amide bonds. The van der Waals surface area contributed by atoms with Gasteiger partial charge in [0.05, 0.1) is 12.3 Å². The van der Waals surface area contributed by atoms with Gasteiger partial charge < -0.3 is 9.47 Å². The summed E-state index contributed by atoms with van der Waals surface area (Å²) in [5.74, 6) is -0.441. The van der Waals surface area contributed by atoms with Crippen LogP contribution in [0.3, 0.4) is 0 Å². The molecule has 1 fully saturated rings. The summed E-state index contributed by atoms with van der Waals surface area (Å²) in [4.78, 5) is 38.9. The van der Waals surface area contributed by atoms with E-state index in [9.17, 15) is 14.4 Å². The second kappa shape index (κ2) is 10.6. The fourth-order valence-corrected chi connectivity index (χ4v) is 3.76. The highest BCUT2D eigenvalue weighted by atomic mass is 79.9. The molecule has 1 heterocycles. The number of hydrogen-bond donors (Lipinski definition) is 1. The molecule has 0 aliphatic carbocycles. The van der Waals surface area contributed by atoms with Crippen molar-refractivity contribution >= 4 is 45.5 Å². The highest BCUT2D eigenvalue weighted by molar-refractivity contribution is 9.10. The number of amides is 4. The first-order valence-corrected chi connectivity index (χ1v) is 11.8. The van der Waals surface area contributed by atoms with E-state index in [1.807, 2.05) is 38.1 Å². The Labute approximate surface area is 211 Å². The van der Waals surface area contributed by atoms with Crippen LogP contribution in [0.2, 0.25) is 0 Å². The number of nitrogens with one attached hydrogen (secondary N) is 1. The van der Waals surface area contributed by atoms with Crippen molar-refractivity contribution < 1.29 is 23.9 Å². The summed E-state index contributed by atoms with van der Waals surface area (Å²) in [5, 5.41) is 2.23. The third-order valence-corrected chi connectivity index (χ3v) is 5.81. The number of imide groups is 2. The van der Waals surface area contributed by atoms with Crippen LogP contribution >= 0.6 is 15.9 Å². The van der Waals surface area contributed by atoms with Gasteiger partial charge in [-0.3, -0.25) is 14.9 Å². The van der Waals surface area contributed by atoms with Gasteiger partial charge in [0.1, 0.15) is 12.2 Å². The van der Waals surface area contributed by atoms with Crippen molar-refractivity contribution in [3.8, 4) is 11.5 Å². The van der Waals surface area contributed by atoms with Gasteiger partial charge in [0, 0.05) is 4.47 Å². The molecule has 3 aromatic carbocycles. The van der Waals surface area contributed by atoms with Crippen LogP contribution in [0.25, 0.3) is 6.08 Å². The van der Waals surface area contributed by atoms with Crippen molar-refractivity contribution in [2.45, 2.75) is 20.5 Å². The number of urea groups is 1. The number of hydrogen-bond acceptors (Lipinski definition) is 5. The van der Waals surface area contributed by atoms with Crippen LogP contribution in [0.5, 0.6) is 11.5 Å². The molecule has 4 rings (SSSR count). The molecule has 1 saturated heterocycles. The van der Waals surface area contributed by atoms with Crippen LogP contribution in [0.4, 0.5) is 10.5 Å². The van der Waals surface area contributed by atoms with E-state index in [0.29, 0.717) is 36.0 Å². The first kappa shape index (κ1) is 24.2. The molecule has 0 bridgehead atoms. The van der Waals surface area contributed by atoms with Crippen LogP contribution in [0, 0.1) is 6.92 Å². The maximum Gasteiger partial charge on any atom is 0.335 e. The molecular formula is C27H23BrN2O5. The number of benzene rings is 3. The number of carbonyl (C=O) groups excluding carboxylic acids is 3. The molecule has 0 atom stereocenters. The molecule has 0 spiro atoms. The van der Waals surface area contributed by atoms with E-state index in [2.05, 4.69) is 21.2 Å². The molecule has 7 nitrogen and oxygen atoms in total. The SMILES string of the molecule is CCOc1cc(/C=C2\C(=O)NC(=O)N(c3ccc(Br)cc3)C2=O)ccc1OCc1ccc(C)cc1. The first-order chi connectivity index (χ1) is 16.9. The van der Waals surface area contributed by atoms with Crippen molar-refractivity contribution in [1.82, 2.24) is 5.32 Å². The van der Waals surface area contributed by atoms with Crippen molar-refractivity contribution in [2.75, 3.05) is 11.5 Å². The minimum Gasteiger partial charge on any atom is -0.490 e. The lowest BCUT2D eigenvalue weighted by Crippen LogP contribution is -2.54. The number of anilines is 1. The quantitative estimate of drug-likeness (QED) is 0.324. The summed E-state index contributed by atoms with van der Waals surface area (Å²) in [5.41, 5.74) is 2.93. The number of carbonyl (C=O) groups is 3. The highest BCUT2D eigenvalue weighted by Crippen LogP contribution is 2.31. The van der Waals surface area contributed by atoms with Crippen molar-refractivity contribution in [1.29, 1.82) is 0 Å². The van der Waals surface area contributed by atoms with Crippen molar-refractivity contribution in [3.05, 3.63) is 93.5 Å². The van der Waals surface area contributed by atoms with Gasteiger partial charge in [-0.1, -0.05) is 51.8 Å². The number of halogens is 1. The molecule has 1 aliphatic rings. The van der Waals surface area contributed by atoms with E-state index < -0.39 is 17.8 Å². The molecule has 0 saturated carbocycles. The summed E-state index contributed by atoms with van der Waals surface area (Å²) >= 11 is 3.33. The Bertz CT molecular complexity index is 1300. The average molecular weight is 535 g/mol. The predicted octanol–water partition coefficient (Wildman–Crippen LogP) is 5.40. The largest absolute Gasteiger partial charge is 0.490 e. The standard InChI is InChI=1S/C27H23BrN2O5/c1-3-34-24-15-19(8-13-23(24)35-16-18-6-4-17(2)5-7-18)14-22-25(31)29-27(33)30(26(22)32)21-11-9-20(28)10-12-21/h4-15H,3,16H2,1-2H3,(H,29,31,33)/b22-14+. The number of barbiturate groups is 1. The van der Waals surface area contributed by atoms with E-state index >= 15 is 0 Å². The van der Waals surface area contributed by atoms with Crippen LogP contribution in [0.1, 0.15) is 23.6 Å². The fourth-order valence-electron chi connectivity index (χ4n) is 3.50. The zero-order valence-corrected chi connectivity index (χ0v) is 20.8. The second-order valence-corrected chi connectivity index (χ2v) is 8.76. The average Bonchev–Trinajstić information content (AvgIpc) is 2.83. The maximum absolute atomic E-state index is 13.1. The fraction of sp³-hybridized carbons (Fsp3) is 0.148. The van der Waals surface area contributed by atoms with Crippen LogP contribution in [-0.2, 0) is 16.2 Å². The Morgan fingerprint density at radius 1 is 0.914 bits per heavy atom. The molecular weight excluding hydrogens is 512 g/mol. The molecule has 0 radical (unpaired) electrons. The zero-order chi connectivity index (χ0) is 24.9. The van der Waals surface area contributed by atoms with E-state index in [-0.39, 0.29) is 5.57 Å². The first-order valence-electron chi connectivity index (χ1n) is 11.0. The number of nitrogens with zero attached hydrogens (tertiary/aromatic N) is 1. The van der Waals surface area contributed by atoms with Gasteiger partial charge in [0.25, 0.3) is 11.8 Å². The number of rotatable bonds is 7. The smallest absolute Gasteiger partial charge is 0.335 e. The third-order valence-electron chi connectivity index (χ3n) is 5.28. The number of ether oxygens (including phenoxy) is 2. The molecule has 3 aromatic rings. The van der Waals surface area contributed by atoms with Crippen LogP contribution in [-0.4, -0.2) is 24.5 Å². The minimum atomic E-state index is -0.797. The van der Waals surface area contributed by atoms with Gasteiger partial charge in [0.15, 0.2) is 11.5 Å². The normalized spacial score (nSPS) is 14.8. The summed E-state index contributed by atoms with van der Waals surface area (Å²) in [6.45, 7) is 4.66. The summed E-state index contributed by atoms with van der Waals surface area (Å²) in [6, 6.07) is 19.0. The Morgan fingerprint density at radius 3 is 2.31 bits per heavy atom. The maximum atomic E-state index is 13.1. The van der Waals surface area contributed by atoms with Crippen LogP contribution < -0.4 is 19.7 Å². The van der Waals surface area contributed by atoms with E-state index in [0.717, 1.165) is 14.9 Å². The van der Waals surface area contributed by atoms with Gasteiger partial charge in [-0.15, -0.1) is 0 Å². The Kier molecular flexibility index (Phi) is 7.31. The summed E-state index contributed by atoms with van der Waals surface area (Å²) in [6.07, 6.45) is 1.43. The molecule has 1 N–H and O–H groups in total. The Hall–Kier alpha value is -3.91. The second-order valence-electron chi connectivity index (χ2n) is 7.85. The van der Waals surface area contributed by atoms with E-state index in [4.69, 9.17) is 9.47 Å². The molecule has 0 unspecified atom stereocenters. The molecule has 0 aromatic heterocycles. The summed E-state index contributed by atoms with van der Waals surface area (Å²) in [7, 11) is 0. The lowest BCUT2D eigenvalue weighted by Gasteiger charge is -2.26. The van der Waals surface area contributed by atoms with Gasteiger partial charge in [-0.25, -0.2) is 9.69 Å². The van der Waals surface area contributed by atoms with Gasteiger partial charge in [-0.2, -0.15) is 0 Å². The summed E-state index contributed by atoms with van der Waals surface area (Å²) < 4.78 is 12.5. The van der Waals surface area contributed by atoms with Gasteiger partial charge in [-0.05, 0) is 67.4 Å². The lowest BCUT2D eigenvalue weighted by atomic mass is 10.1. The Morgan fingerprint density at radius 2 is 1.63 bits per heavy atom. The van der Waals surface area contributed by atoms with Crippen LogP contribution in [0.15, 0.2) is 76.8 Å². The number of aryl methyl sites for hydroxylation is 1. The zero-order valence-electron chi connectivity index (χ0n) is 19.2. The van der Waals surface area contributed by atoms with Gasteiger partial charge >= 0.3 is 6.03 Å². The van der Waals surface area contributed by atoms with Crippen molar-refractivity contribution in [3.63, 3.8) is 0 Å². The minimum absolute atomic E-state index is 0.164. The van der Waals surface area contributed by atoms with Crippen molar-refractivity contribution in [2.24, 2.45) is 0 Å². The monoisotopic (exact) mass is 534 g/mol. The van der Waals surface area contributed by atoms with Gasteiger partial charge in [0.2, 0.25) is 0 Å². The predicted molar refractivity (Wildman–Crippen MR) is 136 cm³/mol. The molecule has 8 heteroatoms. The lowest BCUT2D eigenvalue weighted by molar-refractivity contribution is -0.122. The Balaban J connectivity index is 1.60. The topological polar surface area (TPSA) is 84.9 Å². The molecule has 1 aliphatic heterocycles. The molecule has 35 heavy (non-hydrogen) atoms.